The van der Waals surface area contributed by atoms with Crippen LogP contribution in [0.15, 0.2) is 60.7 Å². The smallest absolute Gasteiger partial charge is 0.0825 e. The Balaban J connectivity index is 0.00000306. The summed E-state index contributed by atoms with van der Waals surface area (Å²) in [6.45, 7) is 8.15. The van der Waals surface area contributed by atoms with E-state index in [1.807, 2.05) is 0 Å². The van der Waals surface area contributed by atoms with Crippen molar-refractivity contribution in [3.63, 3.8) is 0 Å². The topological polar surface area (TPSA) is 0 Å². The molecule has 0 bridgehead atoms. The van der Waals surface area contributed by atoms with Gasteiger partial charge in [-0.15, -0.1) is 0 Å². The first-order chi connectivity index (χ1) is 15.5. The van der Waals surface area contributed by atoms with Crippen molar-refractivity contribution in [1.82, 2.24) is 0 Å². The fourth-order valence-corrected chi connectivity index (χ4v) is 6.07. The Labute approximate surface area is 213 Å². The Bertz CT molecular complexity index is 721. The van der Waals surface area contributed by atoms with Gasteiger partial charge in [0.1, 0.15) is 0 Å². The van der Waals surface area contributed by atoms with Gasteiger partial charge < -0.3 is 25.9 Å². The highest BCUT2D eigenvalue weighted by molar-refractivity contribution is 5.15. The van der Waals surface area contributed by atoms with Gasteiger partial charge in [0.25, 0.3) is 0 Å². The zero-order valence-corrected chi connectivity index (χ0v) is 22.7. The lowest BCUT2D eigenvalue weighted by atomic mass is 9.84. The van der Waals surface area contributed by atoms with Crippen molar-refractivity contribution in [2.75, 3.05) is 53.4 Å². The minimum atomic E-state index is 0. The molecule has 0 aliphatic carbocycles. The Morgan fingerprint density at radius 2 is 0.909 bits per heavy atom. The number of likely N-dealkylation sites (N-methyl/N-ethyl adjacent to an activating group) is 2. The van der Waals surface area contributed by atoms with Crippen molar-refractivity contribution in [2.24, 2.45) is 11.8 Å². The van der Waals surface area contributed by atoms with Crippen LogP contribution in [-0.4, -0.2) is 62.3 Å². The molecule has 2 nitrogen and oxygen atoms in total. The highest BCUT2D eigenvalue weighted by atomic mass is 79.9. The van der Waals surface area contributed by atoms with Gasteiger partial charge in [-0.3, -0.25) is 0 Å². The maximum absolute atomic E-state index is 2.49. The molecule has 2 heterocycles. The fraction of sp³-hybridized carbons (Fsp3) is 0.600. The SMILES string of the molecule is C[N+]1(CCc2ccccc2)CCC(CCC2CC[N+](C)(CCc3ccccc3)CC2)CC1.[Br-]. The summed E-state index contributed by atoms with van der Waals surface area (Å²) in [7, 11) is 4.99. The van der Waals surface area contributed by atoms with E-state index in [0.29, 0.717) is 0 Å². The predicted octanol–water partition coefficient (Wildman–Crippen LogP) is 2.97. The Morgan fingerprint density at radius 3 is 1.24 bits per heavy atom. The molecule has 0 N–H and O–H groups in total. The summed E-state index contributed by atoms with van der Waals surface area (Å²) >= 11 is 0. The Morgan fingerprint density at radius 1 is 0.576 bits per heavy atom. The summed E-state index contributed by atoms with van der Waals surface area (Å²) in [5.41, 5.74) is 3.00. The van der Waals surface area contributed by atoms with Gasteiger partial charge in [0.15, 0.2) is 0 Å². The quantitative estimate of drug-likeness (QED) is 0.452. The minimum absolute atomic E-state index is 0. The van der Waals surface area contributed by atoms with E-state index in [9.17, 15) is 0 Å². The molecule has 0 atom stereocenters. The highest BCUT2D eigenvalue weighted by Gasteiger charge is 2.32. The first kappa shape index (κ1) is 26.4. The summed E-state index contributed by atoms with van der Waals surface area (Å²) < 4.78 is 2.57. The molecule has 2 aliphatic rings. The molecule has 182 valence electrons. The number of hydrogen-bond acceptors (Lipinski definition) is 0. The molecule has 0 amide bonds. The third-order valence-electron chi connectivity index (χ3n) is 8.86. The van der Waals surface area contributed by atoms with E-state index < -0.39 is 0 Å². The number of quaternary nitrogens is 2. The summed E-state index contributed by atoms with van der Waals surface area (Å²) in [6, 6.07) is 22.1. The summed E-state index contributed by atoms with van der Waals surface area (Å²) in [5.74, 6) is 1.97. The van der Waals surface area contributed by atoms with Gasteiger partial charge >= 0.3 is 0 Å². The number of hydrogen-bond donors (Lipinski definition) is 0. The van der Waals surface area contributed by atoms with E-state index in [1.54, 1.807) is 0 Å². The third-order valence-corrected chi connectivity index (χ3v) is 8.86. The van der Waals surface area contributed by atoms with Crippen LogP contribution < -0.4 is 17.0 Å². The maximum atomic E-state index is 2.49. The lowest BCUT2D eigenvalue weighted by molar-refractivity contribution is -0.915. The van der Waals surface area contributed by atoms with E-state index in [-0.39, 0.29) is 17.0 Å². The minimum Gasteiger partial charge on any atom is -1.00 e. The average molecular weight is 515 g/mol. The molecule has 2 fully saturated rings. The number of halogens is 1. The number of likely N-dealkylation sites (tertiary alicyclic amines) is 2. The van der Waals surface area contributed by atoms with Crippen LogP contribution in [0.4, 0.5) is 0 Å². The molecule has 0 aromatic heterocycles. The van der Waals surface area contributed by atoms with Gasteiger partial charge in [0, 0.05) is 12.8 Å². The van der Waals surface area contributed by atoms with Crippen LogP contribution in [0.3, 0.4) is 0 Å². The van der Waals surface area contributed by atoms with Crippen molar-refractivity contribution >= 4 is 0 Å². The molecule has 0 saturated carbocycles. The number of benzene rings is 2. The zero-order valence-electron chi connectivity index (χ0n) is 21.1. The molecule has 2 aromatic rings. The Kier molecular flexibility index (Phi) is 10.0. The van der Waals surface area contributed by atoms with Gasteiger partial charge in [-0.2, -0.15) is 0 Å². The number of nitrogens with zero attached hydrogens (tertiary/aromatic N) is 2. The van der Waals surface area contributed by atoms with Crippen molar-refractivity contribution in [1.29, 1.82) is 0 Å². The van der Waals surface area contributed by atoms with Crippen LogP contribution in [0, 0.1) is 11.8 Å². The van der Waals surface area contributed by atoms with E-state index in [2.05, 4.69) is 74.8 Å². The van der Waals surface area contributed by atoms with Crippen molar-refractivity contribution in [2.45, 2.75) is 51.4 Å². The van der Waals surface area contributed by atoms with Crippen LogP contribution in [-0.2, 0) is 12.8 Å². The van der Waals surface area contributed by atoms with Gasteiger partial charge in [0.05, 0.1) is 53.4 Å². The molecular weight excluding hydrogens is 468 g/mol. The highest BCUT2D eigenvalue weighted by Crippen LogP contribution is 2.31. The standard InChI is InChI=1S/C30H46N2.BrH/c1-31(21-15-27-9-5-3-6-10-27)23-17-29(18-24-31)13-14-30-19-25-32(2,26-20-30)22-16-28-11-7-4-8-12-28;/h3-12,29-30H,13-26H2,1-2H3;1H/q+2;/p-1. The van der Waals surface area contributed by atoms with Crippen LogP contribution in [0.1, 0.15) is 49.7 Å². The second-order valence-corrected chi connectivity index (χ2v) is 11.5. The van der Waals surface area contributed by atoms with E-state index in [1.165, 1.54) is 111 Å². The maximum Gasteiger partial charge on any atom is 0.0825 e. The first-order valence-electron chi connectivity index (χ1n) is 13.3. The molecule has 2 saturated heterocycles. The third kappa shape index (κ3) is 8.23. The fourth-order valence-electron chi connectivity index (χ4n) is 6.07. The van der Waals surface area contributed by atoms with Gasteiger partial charge in [-0.1, -0.05) is 60.7 Å². The summed E-state index contributed by atoms with van der Waals surface area (Å²) in [4.78, 5) is 0. The monoisotopic (exact) mass is 513 g/mol. The summed E-state index contributed by atoms with van der Waals surface area (Å²) in [5, 5.41) is 0. The van der Waals surface area contributed by atoms with Gasteiger partial charge in [0.2, 0.25) is 0 Å². The van der Waals surface area contributed by atoms with Crippen LogP contribution >= 0.6 is 0 Å². The molecule has 0 unspecified atom stereocenters. The van der Waals surface area contributed by atoms with Crippen molar-refractivity contribution < 1.29 is 25.9 Å². The van der Waals surface area contributed by atoms with Gasteiger partial charge in [-0.25, -0.2) is 0 Å². The molecular formula is C30H46BrN2+. The van der Waals surface area contributed by atoms with Crippen LogP contribution in [0.25, 0.3) is 0 Å². The lowest BCUT2D eigenvalue weighted by Crippen LogP contribution is -3.00. The zero-order chi connectivity index (χ0) is 22.3. The van der Waals surface area contributed by atoms with Crippen LogP contribution in [0.2, 0.25) is 0 Å². The van der Waals surface area contributed by atoms with Gasteiger partial charge in [-0.05, 0) is 61.5 Å². The molecule has 3 heteroatoms. The molecule has 2 aromatic carbocycles. The number of piperidine rings is 2. The lowest BCUT2D eigenvalue weighted by Gasteiger charge is -2.42. The van der Waals surface area contributed by atoms with E-state index >= 15 is 0 Å². The Hall–Kier alpha value is -1.16. The predicted molar refractivity (Wildman–Crippen MR) is 137 cm³/mol. The summed E-state index contributed by atoms with van der Waals surface area (Å²) in [6.07, 6.45) is 11.2. The first-order valence-corrected chi connectivity index (χ1v) is 13.3. The molecule has 2 aliphatic heterocycles. The number of rotatable bonds is 9. The normalized spacial score (nSPS) is 29.9. The van der Waals surface area contributed by atoms with E-state index in [0.717, 1.165) is 11.8 Å². The molecule has 0 radical (unpaired) electrons. The molecule has 33 heavy (non-hydrogen) atoms. The van der Waals surface area contributed by atoms with Crippen molar-refractivity contribution in [3.05, 3.63) is 71.8 Å². The second-order valence-electron chi connectivity index (χ2n) is 11.5. The second kappa shape index (κ2) is 12.5. The largest absolute Gasteiger partial charge is 1.00 e. The molecule has 0 spiro atoms. The van der Waals surface area contributed by atoms with Crippen LogP contribution in [0.5, 0.6) is 0 Å². The van der Waals surface area contributed by atoms with Crippen molar-refractivity contribution in [3.8, 4) is 0 Å². The molecule has 4 rings (SSSR count). The van der Waals surface area contributed by atoms with E-state index in [4.69, 9.17) is 0 Å². The average Bonchev–Trinajstić information content (AvgIpc) is 2.84.